The summed E-state index contributed by atoms with van der Waals surface area (Å²) < 4.78 is 16.6. The van der Waals surface area contributed by atoms with Crippen molar-refractivity contribution in [1.29, 1.82) is 0 Å². The Morgan fingerprint density at radius 1 is 1.26 bits per heavy atom. The van der Waals surface area contributed by atoms with Gasteiger partial charge in [0.15, 0.2) is 0 Å². The second kappa shape index (κ2) is 7.69. The molecule has 2 aromatic heterocycles. The fourth-order valence-corrected chi connectivity index (χ4v) is 3.13. The van der Waals surface area contributed by atoms with Crippen molar-refractivity contribution in [3.05, 3.63) is 59.2 Å². The Labute approximate surface area is 157 Å². The predicted molar refractivity (Wildman–Crippen MR) is 99.2 cm³/mol. The van der Waals surface area contributed by atoms with Crippen molar-refractivity contribution in [1.82, 2.24) is 29.9 Å². The number of nitrogens with zero attached hydrogens (tertiary/aromatic N) is 5. The number of amides is 1. The largest absolute Gasteiger partial charge is 0.342 e. The number of carbonyl (C=O) groups excluding carboxylic acids is 1. The monoisotopic (exact) mass is 370 g/mol. The third-order valence-electron chi connectivity index (χ3n) is 4.41. The van der Waals surface area contributed by atoms with E-state index in [2.05, 4.69) is 27.4 Å². The summed E-state index contributed by atoms with van der Waals surface area (Å²) in [6.45, 7) is 8.29. The number of nitrogens with one attached hydrogen (secondary N) is 1. The average molecular weight is 370 g/mol. The van der Waals surface area contributed by atoms with Crippen LogP contribution in [0, 0.1) is 19.7 Å². The summed E-state index contributed by atoms with van der Waals surface area (Å²) in [7, 11) is 0. The number of aromatic nitrogens is 5. The maximum atomic E-state index is 13.2. The van der Waals surface area contributed by atoms with Crippen molar-refractivity contribution in [3.8, 4) is 5.69 Å². The lowest BCUT2D eigenvalue weighted by Crippen LogP contribution is -2.29. The van der Waals surface area contributed by atoms with Crippen molar-refractivity contribution in [2.24, 2.45) is 0 Å². The average Bonchev–Trinajstić information content (AvgIpc) is 3.20. The predicted octanol–water partition coefficient (Wildman–Crippen LogP) is 3.12. The quantitative estimate of drug-likeness (QED) is 0.723. The van der Waals surface area contributed by atoms with Crippen molar-refractivity contribution in [3.63, 3.8) is 0 Å². The van der Waals surface area contributed by atoms with Crippen molar-refractivity contribution < 1.29 is 9.18 Å². The summed E-state index contributed by atoms with van der Waals surface area (Å²) >= 11 is 0. The van der Waals surface area contributed by atoms with Crippen LogP contribution in [0.2, 0.25) is 0 Å². The Bertz CT molecular complexity index is 944. The number of aryl methyl sites for hydroxylation is 2. The Morgan fingerprint density at radius 3 is 2.63 bits per heavy atom. The van der Waals surface area contributed by atoms with Gasteiger partial charge in [-0.2, -0.15) is 10.2 Å². The zero-order valence-electron chi connectivity index (χ0n) is 15.9. The number of benzene rings is 1. The van der Waals surface area contributed by atoms with E-state index in [0.29, 0.717) is 28.5 Å². The van der Waals surface area contributed by atoms with E-state index in [1.807, 2.05) is 13.8 Å². The minimum Gasteiger partial charge on any atom is -0.342 e. The van der Waals surface area contributed by atoms with Crippen molar-refractivity contribution in [2.45, 2.75) is 46.7 Å². The summed E-state index contributed by atoms with van der Waals surface area (Å²) in [6, 6.07) is 5.71. The minimum atomic E-state index is -0.316. The van der Waals surface area contributed by atoms with Gasteiger partial charge < -0.3 is 5.32 Å². The molecule has 3 rings (SSSR count). The van der Waals surface area contributed by atoms with E-state index in [9.17, 15) is 9.18 Å². The normalized spacial score (nSPS) is 12.2. The lowest BCUT2D eigenvalue weighted by atomic mass is 10.1. The molecule has 2 heterocycles. The zero-order valence-corrected chi connectivity index (χ0v) is 15.9. The van der Waals surface area contributed by atoms with Crippen LogP contribution in [0.15, 0.2) is 30.6 Å². The highest BCUT2D eigenvalue weighted by molar-refractivity contribution is 5.96. The van der Waals surface area contributed by atoms with Crippen LogP contribution in [-0.4, -0.2) is 30.5 Å². The standard InChI is InChI=1S/C19H23FN6O/c1-5-10-25-18(21-11-22-25)13(3)23-19(27)17-12(2)24-26(14(17)4)16-8-6-15(20)7-9-16/h6-9,11,13H,5,10H2,1-4H3,(H,23,27)/t13-/m0/s1. The Kier molecular flexibility index (Phi) is 5.34. The molecule has 1 N–H and O–H groups in total. The highest BCUT2D eigenvalue weighted by Gasteiger charge is 2.23. The molecule has 1 aromatic carbocycles. The first-order valence-corrected chi connectivity index (χ1v) is 8.93. The maximum absolute atomic E-state index is 13.2. The van der Waals surface area contributed by atoms with Crippen LogP contribution < -0.4 is 5.32 Å². The molecule has 0 aliphatic heterocycles. The van der Waals surface area contributed by atoms with Crippen LogP contribution in [0.3, 0.4) is 0 Å². The third kappa shape index (κ3) is 3.74. The first-order chi connectivity index (χ1) is 12.9. The van der Waals surface area contributed by atoms with Gasteiger partial charge in [-0.05, 0) is 51.5 Å². The molecule has 0 radical (unpaired) electrons. The highest BCUT2D eigenvalue weighted by Crippen LogP contribution is 2.19. The first-order valence-electron chi connectivity index (χ1n) is 8.93. The van der Waals surface area contributed by atoms with E-state index >= 15 is 0 Å². The third-order valence-corrected chi connectivity index (χ3v) is 4.41. The lowest BCUT2D eigenvalue weighted by molar-refractivity contribution is 0.0936. The molecule has 142 valence electrons. The molecule has 27 heavy (non-hydrogen) atoms. The number of halogens is 1. The summed E-state index contributed by atoms with van der Waals surface area (Å²) in [5.74, 6) is 0.173. The molecule has 0 unspecified atom stereocenters. The SMILES string of the molecule is CCCn1ncnc1[C@H](C)NC(=O)c1c(C)nn(-c2ccc(F)cc2)c1C. The van der Waals surface area contributed by atoms with Crippen LogP contribution >= 0.6 is 0 Å². The molecule has 0 aliphatic carbocycles. The number of hydrogen-bond acceptors (Lipinski definition) is 4. The minimum absolute atomic E-state index is 0.225. The lowest BCUT2D eigenvalue weighted by Gasteiger charge is -2.14. The van der Waals surface area contributed by atoms with Gasteiger partial charge >= 0.3 is 0 Å². The van der Waals surface area contributed by atoms with E-state index in [1.165, 1.54) is 18.5 Å². The molecule has 0 bridgehead atoms. The van der Waals surface area contributed by atoms with Gasteiger partial charge in [-0.25, -0.2) is 18.7 Å². The summed E-state index contributed by atoms with van der Waals surface area (Å²) in [6.07, 6.45) is 2.43. The topological polar surface area (TPSA) is 77.6 Å². The molecule has 0 aliphatic rings. The van der Waals surface area contributed by atoms with Crippen LogP contribution in [0.1, 0.15) is 53.9 Å². The molecule has 0 spiro atoms. The molecule has 8 heteroatoms. The van der Waals surface area contributed by atoms with Gasteiger partial charge in [-0.3, -0.25) is 4.79 Å². The maximum Gasteiger partial charge on any atom is 0.255 e. The van der Waals surface area contributed by atoms with Crippen molar-refractivity contribution >= 4 is 5.91 Å². The van der Waals surface area contributed by atoms with Crippen LogP contribution in [-0.2, 0) is 6.54 Å². The van der Waals surface area contributed by atoms with E-state index in [-0.39, 0.29) is 17.8 Å². The van der Waals surface area contributed by atoms with E-state index in [1.54, 1.807) is 28.4 Å². The molecule has 0 fully saturated rings. The van der Waals surface area contributed by atoms with Gasteiger partial charge in [0.25, 0.3) is 5.91 Å². The molecule has 7 nitrogen and oxygen atoms in total. The fraction of sp³-hybridized carbons (Fsp3) is 0.368. The van der Waals surface area contributed by atoms with E-state index in [4.69, 9.17) is 0 Å². The molecular weight excluding hydrogens is 347 g/mol. The van der Waals surface area contributed by atoms with Gasteiger partial charge in [0.1, 0.15) is 18.0 Å². The Hall–Kier alpha value is -3.03. The summed E-state index contributed by atoms with van der Waals surface area (Å²) in [4.78, 5) is 17.1. The summed E-state index contributed by atoms with van der Waals surface area (Å²) in [5.41, 5.74) is 2.51. The number of rotatable bonds is 6. The highest BCUT2D eigenvalue weighted by atomic mass is 19.1. The second-order valence-corrected chi connectivity index (χ2v) is 6.47. The first kappa shape index (κ1) is 18.8. The molecule has 1 amide bonds. The second-order valence-electron chi connectivity index (χ2n) is 6.47. The van der Waals surface area contributed by atoms with Crippen LogP contribution in [0.25, 0.3) is 5.69 Å². The molecule has 0 saturated carbocycles. The van der Waals surface area contributed by atoms with Crippen molar-refractivity contribution in [2.75, 3.05) is 0 Å². The Balaban J connectivity index is 1.84. The van der Waals surface area contributed by atoms with E-state index < -0.39 is 0 Å². The zero-order chi connectivity index (χ0) is 19.6. The number of carbonyl (C=O) groups is 1. The van der Waals surface area contributed by atoms with Gasteiger partial charge in [-0.1, -0.05) is 6.92 Å². The molecule has 0 saturated heterocycles. The van der Waals surface area contributed by atoms with Gasteiger partial charge in [0, 0.05) is 6.54 Å². The van der Waals surface area contributed by atoms with Gasteiger partial charge in [0.2, 0.25) is 0 Å². The van der Waals surface area contributed by atoms with Crippen LogP contribution in [0.4, 0.5) is 4.39 Å². The van der Waals surface area contributed by atoms with Gasteiger partial charge in [-0.15, -0.1) is 0 Å². The summed E-state index contributed by atoms with van der Waals surface area (Å²) in [5, 5.41) is 11.6. The molecular formula is C19H23FN6O. The Morgan fingerprint density at radius 2 is 1.96 bits per heavy atom. The van der Waals surface area contributed by atoms with Gasteiger partial charge in [0.05, 0.1) is 28.7 Å². The smallest absolute Gasteiger partial charge is 0.255 e. The molecule has 1 atom stereocenters. The van der Waals surface area contributed by atoms with Crippen LogP contribution in [0.5, 0.6) is 0 Å². The number of hydrogen-bond donors (Lipinski definition) is 1. The van der Waals surface area contributed by atoms with E-state index in [0.717, 1.165) is 13.0 Å². The fourth-order valence-electron chi connectivity index (χ4n) is 3.13. The molecule has 3 aromatic rings.